The number of H-pyrrole nitrogens is 1. The lowest BCUT2D eigenvalue weighted by molar-refractivity contribution is 0.206. The summed E-state index contributed by atoms with van der Waals surface area (Å²) in [6.07, 6.45) is 0. The maximum Gasteiger partial charge on any atom is 0.317 e. The van der Waals surface area contributed by atoms with E-state index in [0.29, 0.717) is 12.4 Å². The molecule has 0 aliphatic rings. The van der Waals surface area contributed by atoms with Gasteiger partial charge in [-0.2, -0.15) is 0 Å². The lowest BCUT2D eigenvalue weighted by atomic mass is 10.2. The van der Waals surface area contributed by atoms with Crippen molar-refractivity contribution in [1.29, 1.82) is 0 Å². The summed E-state index contributed by atoms with van der Waals surface area (Å²) in [5, 5.41) is 15.8. The molecule has 0 saturated carbocycles. The number of nitrogens with one attached hydrogen (secondary N) is 2. The lowest BCUT2D eigenvalue weighted by Gasteiger charge is -2.17. The Bertz CT molecular complexity index is 483. The van der Waals surface area contributed by atoms with E-state index in [2.05, 4.69) is 25.9 Å². The number of urea groups is 1. The smallest absolute Gasteiger partial charge is 0.317 e. The van der Waals surface area contributed by atoms with Crippen LogP contribution in [-0.2, 0) is 13.1 Å². The fraction of sp³-hybridized carbons (Fsp3) is 0.273. The Balaban J connectivity index is 1.82. The number of nitrogens with zero attached hydrogens (tertiary/aromatic N) is 4. The van der Waals surface area contributed by atoms with Crippen molar-refractivity contribution in [2.45, 2.75) is 13.1 Å². The largest absolute Gasteiger partial charge is 0.331 e. The van der Waals surface area contributed by atoms with Gasteiger partial charge in [0.25, 0.3) is 0 Å². The third kappa shape index (κ3) is 3.27. The molecule has 0 fully saturated rings. The van der Waals surface area contributed by atoms with Gasteiger partial charge >= 0.3 is 6.03 Å². The molecule has 0 saturated heterocycles. The monoisotopic (exact) mass is 246 g/mol. The average molecular weight is 246 g/mol. The van der Waals surface area contributed by atoms with Crippen LogP contribution >= 0.6 is 0 Å². The molecule has 2 N–H and O–H groups in total. The molecule has 0 bridgehead atoms. The van der Waals surface area contributed by atoms with Crippen LogP contribution in [-0.4, -0.2) is 38.6 Å². The van der Waals surface area contributed by atoms with Crippen LogP contribution in [0.2, 0.25) is 0 Å². The van der Waals surface area contributed by atoms with Crippen LogP contribution in [0.3, 0.4) is 0 Å². The highest BCUT2D eigenvalue weighted by Crippen LogP contribution is 2.02. The molecule has 94 valence electrons. The zero-order valence-electron chi connectivity index (χ0n) is 10.00. The molecular formula is C11H14N6O. The number of aromatic nitrogens is 4. The summed E-state index contributed by atoms with van der Waals surface area (Å²) in [4.78, 5) is 13.4. The second-order valence-corrected chi connectivity index (χ2v) is 3.85. The maximum absolute atomic E-state index is 11.8. The lowest BCUT2D eigenvalue weighted by Crippen LogP contribution is -2.36. The van der Waals surface area contributed by atoms with Gasteiger partial charge in [-0.25, -0.2) is 9.89 Å². The quantitative estimate of drug-likeness (QED) is 0.824. The van der Waals surface area contributed by atoms with Gasteiger partial charge < -0.3 is 10.2 Å². The Morgan fingerprint density at radius 1 is 1.39 bits per heavy atom. The molecular weight excluding hydrogens is 232 g/mol. The summed E-state index contributed by atoms with van der Waals surface area (Å²) >= 11 is 0. The molecule has 0 spiro atoms. The van der Waals surface area contributed by atoms with Gasteiger partial charge in [-0.1, -0.05) is 30.3 Å². The van der Waals surface area contributed by atoms with Gasteiger partial charge in [0.1, 0.15) is 0 Å². The highest BCUT2D eigenvalue weighted by atomic mass is 16.2. The van der Waals surface area contributed by atoms with E-state index in [1.54, 1.807) is 11.9 Å². The van der Waals surface area contributed by atoms with Gasteiger partial charge in [0, 0.05) is 13.6 Å². The number of carbonyl (C=O) groups is 1. The SMILES string of the molecule is CN(Cc1ccccc1)C(=O)NCc1nnn[nH]1. The molecule has 1 aromatic carbocycles. The summed E-state index contributed by atoms with van der Waals surface area (Å²) in [5.74, 6) is 0.525. The number of aromatic amines is 1. The first-order chi connectivity index (χ1) is 8.75. The fourth-order valence-electron chi connectivity index (χ4n) is 1.48. The first-order valence-corrected chi connectivity index (χ1v) is 5.51. The molecule has 2 amide bonds. The number of tetrazole rings is 1. The normalized spacial score (nSPS) is 10.1. The minimum absolute atomic E-state index is 0.171. The van der Waals surface area contributed by atoms with Crippen LogP contribution in [0.5, 0.6) is 0 Å². The van der Waals surface area contributed by atoms with Crippen LogP contribution in [0, 0.1) is 0 Å². The van der Waals surface area contributed by atoms with Gasteiger partial charge in [0.05, 0.1) is 6.54 Å². The number of amides is 2. The van der Waals surface area contributed by atoms with Crippen molar-refractivity contribution in [2.24, 2.45) is 0 Å². The Hall–Kier alpha value is -2.44. The summed E-state index contributed by atoms with van der Waals surface area (Å²) < 4.78 is 0. The summed E-state index contributed by atoms with van der Waals surface area (Å²) in [6, 6.07) is 9.62. The van der Waals surface area contributed by atoms with Crippen LogP contribution in [0.25, 0.3) is 0 Å². The van der Waals surface area contributed by atoms with E-state index in [0.717, 1.165) is 5.56 Å². The molecule has 1 aromatic heterocycles. The predicted octanol–water partition coefficient (Wildman–Crippen LogP) is 0.541. The molecule has 0 radical (unpaired) electrons. The van der Waals surface area contributed by atoms with Gasteiger partial charge in [0.15, 0.2) is 5.82 Å². The van der Waals surface area contributed by atoms with E-state index in [4.69, 9.17) is 0 Å². The first-order valence-electron chi connectivity index (χ1n) is 5.51. The Morgan fingerprint density at radius 2 is 2.17 bits per heavy atom. The Kier molecular flexibility index (Phi) is 3.85. The maximum atomic E-state index is 11.8. The van der Waals surface area contributed by atoms with Crippen molar-refractivity contribution in [3.63, 3.8) is 0 Å². The average Bonchev–Trinajstić information content (AvgIpc) is 2.90. The third-order valence-electron chi connectivity index (χ3n) is 2.41. The zero-order valence-corrected chi connectivity index (χ0v) is 10.00. The van der Waals surface area contributed by atoms with E-state index in [-0.39, 0.29) is 12.6 Å². The molecule has 1 heterocycles. The molecule has 0 aliphatic carbocycles. The van der Waals surface area contributed by atoms with Crippen molar-refractivity contribution in [3.8, 4) is 0 Å². The van der Waals surface area contributed by atoms with E-state index in [9.17, 15) is 4.79 Å². The number of benzene rings is 1. The number of hydrogen-bond donors (Lipinski definition) is 2. The van der Waals surface area contributed by atoms with Crippen LogP contribution in [0.1, 0.15) is 11.4 Å². The van der Waals surface area contributed by atoms with Crippen molar-refractivity contribution in [3.05, 3.63) is 41.7 Å². The standard InChI is InChI=1S/C11H14N6O/c1-17(8-9-5-3-2-4-6-9)11(18)12-7-10-13-15-16-14-10/h2-6H,7-8H2,1H3,(H,12,18)(H,13,14,15,16). The summed E-state index contributed by atoms with van der Waals surface area (Å²) in [6.45, 7) is 0.840. The van der Waals surface area contributed by atoms with Gasteiger partial charge in [-0.15, -0.1) is 5.10 Å². The minimum atomic E-state index is -0.171. The second-order valence-electron chi connectivity index (χ2n) is 3.85. The van der Waals surface area contributed by atoms with Gasteiger partial charge in [-0.05, 0) is 16.0 Å². The molecule has 7 heteroatoms. The van der Waals surface area contributed by atoms with E-state index >= 15 is 0 Å². The molecule has 2 aromatic rings. The van der Waals surface area contributed by atoms with Crippen molar-refractivity contribution in [2.75, 3.05) is 7.05 Å². The van der Waals surface area contributed by atoms with Crippen molar-refractivity contribution in [1.82, 2.24) is 30.8 Å². The van der Waals surface area contributed by atoms with E-state index in [1.807, 2.05) is 30.3 Å². The van der Waals surface area contributed by atoms with Crippen molar-refractivity contribution < 1.29 is 4.79 Å². The Morgan fingerprint density at radius 3 is 2.83 bits per heavy atom. The molecule has 2 rings (SSSR count). The minimum Gasteiger partial charge on any atom is -0.331 e. The fourth-order valence-corrected chi connectivity index (χ4v) is 1.48. The van der Waals surface area contributed by atoms with Crippen LogP contribution in [0.15, 0.2) is 30.3 Å². The molecule has 7 nitrogen and oxygen atoms in total. The molecule has 0 unspecified atom stereocenters. The number of hydrogen-bond acceptors (Lipinski definition) is 4. The van der Waals surface area contributed by atoms with Crippen LogP contribution < -0.4 is 5.32 Å². The second kappa shape index (κ2) is 5.76. The van der Waals surface area contributed by atoms with Crippen LogP contribution in [0.4, 0.5) is 4.79 Å². The topological polar surface area (TPSA) is 86.8 Å². The summed E-state index contributed by atoms with van der Waals surface area (Å²) in [5.41, 5.74) is 1.08. The Labute approximate surface area is 104 Å². The molecule has 18 heavy (non-hydrogen) atoms. The third-order valence-corrected chi connectivity index (χ3v) is 2.41. The number of carbonyl (C=O) groups excluding carboxylic acids is 1. The van der Waals surface area contributed by atoms with E-state index < -0.39 is 0 Å². The molecule has 0 aliphatic heterocycles. The predicted molar refractivity (Wildman–Crippen MR) is 64.3 cm³/mol. The highest BCUT2D eigenvalue weighted by Gasteiger charge is 2.09. The molecule has 0 atom stereocenters. The van der Waals surface area contributed by atoms with Gasteiger partial charge in [0.2, 0.25) is 0 Å². The highest BCUT2D eigenvalue weighted by molar-refractivity contribution is 5.73. The first kappa shape index (κ1) is 12.0. The number of rotatable bonds is 4. The van der Waals surface area contributed by atoms with Gasteiger partial charge in [-0.3, -0.25) is 0 Å². The van der Waals surface area contributed by atoms with Crippen molar-refractivity contribution >= 4 is 6.03 Å². The summed E-state index contributed by atoms with van der Waals surface area (Å²) in [7, 11) is 1.74. The zero-order chi connectivity index (χ0) is 12.8. The van der Waals surface area contributed by atoms with E-state index in [1.165, 1.54) is 0 Å².